The molecule has 1 aliphatic heterocycles. The number of carbonyl (C=O) groups is 1. The predicted molar refractivity (Wildman–Crippen MR) is 108 cm³/mol. The van der Waals surface area contributed by atoms with Crippen molar-refractivity contribution in [2.75, 3.05) is 18.4 Å². The second-order valence-corrected chi connectivity index (χ2v) is 6.03. The minimum absolute atomic E-state index is 0. The molecule has 2 aromatic heterocycles. The largest absolute Gasteiger partial charge is 0.345 e. The minimum atomic E-state index is -0.258. The number of aromatic nitrogens is 5. The van der Waals surface area contributed by atoms with Crippen LogP contribution in [0.4, 0.5) is 5.69 Å². The van der Waals surface area contributed by atoms with Gasteiger partial charge in [0.15, 0.2) is 5.69 Å². The zero-order valence-electron chi connectivity index (χ0n) is 14.5. The Balaban J connectivity index is 0.00000131. The molecule has 0 bridgehead atoms. The normalized spacial score (nSPS) is 14.1. The highest BCUT2D eigenvalue weighted by molar-refractivity contribution is 6.02. The van der Waals surface area contributed by atoms with E-state index in [4.69, 9.17) is 0 Å². The third kappa shape index (κ3) is 4.85. The number of imidazole rings is 1. The number of hydrogen-bond acceptors (Lipinski definition) is 5. The van der Waals surface area contributed by atoms with Crippen molar-refractivity contribution in [1.82, 2.24) is 30.3 Å². The lowest BCUT2D eigenvalue weighted by Crippen LogP contribution is -2.29. The molecular formula is C17H21Cl2N7O. The molecule has 10 heteroatoms. The van der Waals surface area contributed by atoms with Crippen LogP contribution in [0.1, 0.15) is 29.4 Å². The van der Waals surface area contributed by atoms with Crippen LogP contribution < -0.4 is 10.6 Å². The third-order valence-electron chi connectivity index (χ3n) is 4.34. The van der Waals surface area contributed by atoms with Gasteiger partial charge in [-0.2, -0.15) is 0 Å². The summed E-state index contributed by atoms with van der Waals surface area (Å²) in [4.78, 5) is 19.6. The SMILES string of the molecule is Cl.Cl.O=C(Nc1ccc(-c2ncc[nH]2)cc1)c1cn(C2CCNCC2)nn1. The monoisotopic (exact) mass is 409 g/mol. The second kappa shape index (κ2) is 9.50. The van der Waals surface area contributed by atoms with Crippen LogP contribution in [0.2, 0.25) is 0 Å². The third-order valence-corrected chi connectivity index (χ3v) is 4.34. The smallest absolute Gasteiger partial charge is 0.277 e. The number of anilines is 1. The molecule has 0 saturated carbocycles. The molecule has 8 nitrogen and oxygen atoms in total. The van der Waals surface area contributed by atoms with Crippen LogP contribution in [0, 0.1) is 0 Å². The van der Waals surface area contributed by atoms with Crippen LogP contribution in [0.15, 0.2) is 42.9 Å². The average molecular weight is 410 g/mol. The van der Waals surface area contributed by atoms with Crippen molar-refractivity contribution in [2.45, 2.75) is 18.9 Å². The highest BCUT2D eigenvalue weighted by Crippen LogP contribution is 2.19. The Morgan fingerprint density at radius 2 is 1.89 bits per heavy atom. The van der Waals surface area contributed by atoms with Crippen molar-refractivity contribution in [3.63, 3.8) is 0 Å². The van der Waals surface area contributed by atoms with Gasteiger partial charge in [-0.15, -0.1) is 29.9 Å². The molecule has 4 rings (SSSR count). The predicted octanol–water partition coefficient (Wildman–Crippen LogP) is 2.69. The van der Waals surface area contributed by atoms with E-state index in [1.54, 1.807) is 23.3 Å². The second-order valence-electron chi connectivity index (χ2n) is 6.03. The lowest BCUT2D eigenvalue weighted by Gasteiger charge is -2.22. The summed E-state index contributed by atoms with van der Waals surface area (Å²) in [5.74, 6) is 0.536. The molecule has 1 aliphatic rings. The molecule has 0 aliphatic carbocycles. The lowest BCUT2D eigenvalue weighted by atomic mass is 10.1. The molecule has 1 fully saturated rings. The van der Waals surface area contributed by atoms with Crippen molar-refractivity contribution >= 4 is 36.4 Å². The van der Waals surface area contributed by atoms with Crippen LogP contribution in [0.3, 0.4) is 0 Å². The van der Waals surface area contributed by atoms with Crippen molar-refractivity contribution in [3.05, 3.63) is 48.5 Å². The highest BCUT2D eigenvalue weighted by Gasteiger charge is 2.18. The molecule has 3 heterocycles. The summed E-state index contributed by atoms with van der Waals surface area (Å²) in [5, 5.41) is 14.3. The standard InChI is InChI=1S/C17H19N7O.2ClH/c25-17(15-11-24(23-22-15)14-5-7-18-8-6-14)21-13-3-1-12(2-4-13)16-19-9-10-20-16;;/h1-4,9-11,14,18H,5-8H2,(H,19,20)(H,21,25);2*1H. The fraction of sp³-hybridized carbons (Fsp3) is 0.294. The number of carbonyl (C=O) groups excluding carboxylic acids is 1. The van der Waals surface area contributed by atoms with Gasteiger partial charge in [-0.25, -0.2) is 9.67 Å². The molecule has 3 N–H and O–H groups in total. The molecule has 1 amide bonds. The Hall–Kier alpha value is -2.42. The summed E-state index contributed by atoms with van der Waals surface area (Å²) >= 11 is 0. The van der Waals surface area contributed by atoms with Crippen LogP contribution in [-0.4, -0.2) is 44.0 Å². The van der Waals surface area contributed by atoms with E-state index in [0.717, 1.165) is 37.3 Å². The van der Waals surface area contributed by atoms with E-state index in [0.29, 0.717) is 17.4 Å². The molecule has 0 unspecified atom stereocenters. The van der Waals surface area contributed by atoms with E-state index in [1.807, 2.05) is 24.3 Å². The summed E-state index contributed by atoms with van der Waals surface area (Å²) in [6.45, 7) is 1.93. The number of hydrogen-bond donors (Lipinski definition) is 3. The average Bonchev–Trinajstić information content (AvgIpc) is 3.35. The summed E-state index contributed by atoms with van der Waals surface area (Å²) in [5.41, 5.74) is 1.99. The molecule has 1 aromatic carbocycles. The Kier molecular flexibility index (Phi) is 7.35. The van der Waals surface area contributed by atoms with E-state index in [1.165, 1.54) is 0 Å². The highest BCUT2D eigenvalue weighted by atomic mass is 35.5. The summed E-state index contributed by atoms with van der Waals surface area (Å²) in [7, 11) is 0. The molecule has 0 atom stereocenters. The zero-order valence-corrected chi connectivity index (χ0v) is 16.1. The summed E-state index contributed by atoms with van der Waals surface area (Å²) in [6, 6.07) is 7.79. The van der Waals surface area contributed by atoms with E-state index in [2.05, 4.69) is 30.9 Å². The van der Waals surface area contributed by atoms with Gasteiger partial charge in [0.05, 0.1) is 12.2 Å². The van der Waals surface area contributed by atoms with Crippen molar-refractivity contribution in [1.29, 1.82) is 0 Å². The summed E-state index contributed by atoms with van der Waals surface area (Å²) in [6.07, 6.45) is 7.20. The van der Waals surface area contributed by atoms with E-state index < -0.39 is 0 Å². The maximum atomic E-state index is 12.4. The lowest BCUT2D eigenvalue weighted by molar-refractivity contribution is 0.102. The van der Waals surface area contributed by atoms with Gasteiger partial charge < -0.3 is 15.6 Å². The first kappa shape index (κ1) is 20.9. The van der Waals surface area contributed by atoms with Crippen LogP contribution in [0.25, 0.3) is 11.4 Å². The maximum absolute atomic E-state index is 12.4. The molecule has 3 aromatic rings. The summed E-state index contributed by atoms with van der Waals surface area (Å²) < 4.78 is 1.80. The molecule has 27 heavy (non-hydrogen) atoms. The Bertz CT molecular complexity index is 843. The van der Waals surface area contributed by atoms with Gasteiger partial charge >= 0.3 is 0 Å². The number of nitrogens with one attached hydrogen (secondary N) is 3. The number of amides is 1. The number of H-pyrrole nitrogens is 1. The number of nitrogens with zero attached hydrogens (tertiary/aromatic N) is 4. The van der Waals surface area contributed by atoms with Crippen molar-refractivity contribution < 1.29 is 4.79 Å². The van der Waals surface area contributed by atoms with Crippen molar-refractivity contribution in [3.8, 4) is 11.4 Å². The van der Waals surface area contributed by atoms with Gasteiger partial charge in [-0.1, -0.05) is 5.21 Å². The first-order valence-corrected chi connectivity index (χ1v) is 8.33. The van der Waals surface area contributed by atoms with Crippen LogP contribution in [-0.2, 0) is 0 Å². The fourth-order valence-electron chi connectivity index (χ4n) is 2.96. The van der Waals surface area contributed by atoms with Gasteiger partial charge in [-0.3, -0.25) is 4.79 Å². The molecule has 144 valence electrons. The topological polar surface area (TPSA) is 101 Å². The van der Waals surface area contributed by atoms with Gasteiger partial charge in [0.25, 0.3) is 5.91 Å². The quantitative estimate of drug-likeness (QED) is 0.614. The van der Waals surface area contributed by atoms with Gasteiger partial charge in [0.2, 0.25) is 0 Å². The molecule has 0 radical (unpaired) electrons. The molecular weight excluding hydrogens is 389 g/mol. The van der Waals surface area contributed by atoms with E-state index in [9.17, 15) is 4.79 Å². The van der Waals surface area contributed by atoms with E-state index in [-0.39, 0.29) is 30.7 Å². The Morgan fingerprint density at radius 3 is 2.56 bits per heavy atom. The molecule has 1 saturated heterocycles. The fourth-order valence-corrected chi connectivity index (χ4v) is 2.96. The number of benzene rings is 1. The number of rotatable bonds is 4. The zero-order chi connectivity index (χ0) is 17.1. The maximum Gasteiger partial charge on any atom is 0.277 e. The minimum Gasteiger partial charge on any atom is -0.345 e. The number of piperidine rings is 1. The number of aromatic amines is 1. The molecule has 0 spiro atoms. The van der Waals surface area contributed by atoms with Crippen LogP contribution >= 0.6 is 24.8 Å². The Morgan fingerprint density at radius 1 is 1.15 bits per heavy atom. The first-order chi connectivity index (χ1) is 12.3. The van der Waals surface area contributed by atoms with Gasteiger partial charge in [-0.05, 0) is 50.2 Å². The van der Waals surface area contributed by atoms with Gasteiger partial charge in [0.1, 0.15) is 5.82 Å². The number of halogens is 2. The first-order valence-electron chi connectivity index (χ1n) is 8.33. The van der Waals surface area contributed by atoms with Crippen LogP contribution in [0.5, 0.6) is 0 Å². The van der Waals surface area contributed by atoms with E-state index >= 15 is 0 Å². The van der Waals surface area contributed by atoms with Crippen molar-refractivity contribution in [2.24, 2.45) is 0 Å². The van der Waals surface area contributed by atoms with Gasteiger partial charge in [0, 0.05) is 23.6 Å². The Labute approximate surface area is 169 Å².